The van der Waals surface area contributed by atoms with E-state index in [4.69, 9.17) is 4.99 Å². The summed E-state index contributed by atoms with van der Waals surface area (Å²) in [6, 6.07) is 22.7. The third kappa shape index (κ3) is 3.64. The molecule has 0 radical (unpaired) electrons. The van der Waals surface area contributed by atoms with Gasteiger partial charge in [0.05, 0.1) is 16.4 Å². The van der Waals surface area contributed by atoms with Crippen LogP contribution in [0.4, 0.5) is 11.4 Å². The molecule has 0 saturated carbocycles. The average Bonchev–Trinajstić information content (AvgIpc) is 3.29. The standard InChI is InChI=1S/C25H23N3OS2/c1-3-4-16-28-23(29)22(24-27(2)20-14-7-8-15-21(20)30-24)31-25(28)26-19-13-9-11-17-10-5-6-12-18(17)19/h5-15H,3-4,16H2,1-2H3/b24-22-,26-25?. The summed E-state index contributed by atoms with van der Waals surface area (Å²) in [6.07, 6.45) is 1.98. The van der Waals surface area contributed by atoms with Crippen molar-refractivity contribution in [2.24, 2.45) is 4.99 Å². The van der Waals surface area contributed by atoms with Crippen LogP contribution in [0.1, 0.15) is 19.8 Å². The van der Waals surface area contributed by atoms with Gasteiger partial charge in [-0.15, -0.1) is 0 Å². The molecular formula is C25H23N3OS2. The van der Waals surface area contributed by atoms with Crippen LogP contribution in [0, 0.1) is 0 Å². The number of hydrogen-bond donors (Lipinski definition) is 0. The van der Waals surface area contributed by atoms with E-state index in [2.05, 4.69) is 42.2 Å². The lowest BCUT2D eigenvalue weighted by Gasteiger charge is -2.16. The Balaban J connectivity index is 1.58. The maximum atomic E-state index is 13.5. The molecule has 1 fully saturated rings. The van der Waals surface area contributed by atoms with Crippen molar-refractivity contribution in [3.8, 4) is 0 Å². The molecule has 2 aliphatic heterocycles. The molecule has 0 N–H and O–H groups in total. The molecular weight excluding hydrogens is 422 g/mol. The van der Waals surface area contributed by atoms with Crippen LogP contribution in [0.5, 0.6) is 0 Å². The molecule has 2 aliphatic rings. The van der Waals surface area contributed by atoms with E-state index in [1.807, 2.05) is 48.3 Å². The molecule has 1 saturated heterocycles. The van der Waals surface area contributed by atoms with Gasteiger partial charge in [0.25, 0.3) is 5.91 Å². The molecule has 4 nitrogen and oxygen atoms in total. The van der Waals surface area contributed by atoms with E-state index in [-0.39, 0.29) is 5.91 Å². The third-order valence-electron chi connectivity index (χ3n) is 5.51. The van der Waals surface area contributed by atoms with Gasteiger partial charge in [-0.2, -0.15) is 0 Å². The Morgan fingerprint density at radius 3 is 2.55 bits per heavy atom. The predicted octanol–water partition coefficient (Wildman–Crippen LogP) is 6.61. The zero-order valence-corrected chi connectivity index (χ0v) is 19.2. The fourth-order valence-electron chi connectivity index (χ4n) is 3.84. The first-order valence-electron chi connectivity index (χ1n) is 10.5. The molecule has 3 aromatic carbocycles. The predicted molar refractivity (Wildman–Crippen MR) is 133 cm³/mol. The van der Waals surface area contributed by atoms with Crippen molar-refractivity contribution in [2.45, 2.75) is 24.7 Å². The number of anilines is 1. The number of para-hydroxylation sites is 1. The van der Waals surface area contributed by atoms with Crippen LogP contribution in [0.2, 0.25) is 0 Å². The van der Waals surface area contributed by atoms with Crippen LogP contribution in [-0.4, -0.2) is 29.6 Å². The van der Waals surface area contributed by atoms with Gasteiger partial charge in [-0.05, 0) is 41.8 Å². The zero-order valence-electron chi connectivity index (χ0n) is 17.5. The summed E-state index contributed by atoms with van der Waals surface area (Å²) in [5.74, 6) is 0.0552. The Morgan fingerprint density at radius 1 is 0.935 bits per heavy atom. The van der Waals surface area contributed by atoms with E-state index in [9.17, 15) is 4.79 Å². The number of fused-ring (bicyclic) bond motifs is 2. The Bertz CT molecular complexity index is 1230. The Labute approximate surface area is 191 Å². The summed E-state index contributed by atoms with van der Waals surface area (Å²) in [6.45, 7) is 2.83. The quantitative estimate of drug-likeness (QED) is 0.423. The van der Waals surface area contributed by atoms with E-state index in [1.54, 1.807) is 11.8 Å². The van der Waals surface area contributed by atoms with Crippen LogP contribution in [0.15, 0.2) is 86.6 Å². The molecule has 0 aliphatic carbocycles. The van der Waals surface area contributed by atoms with Gasteiger partial charge >= 0.3 is 0 Å². The fraction of sp³-hybridized carbons (Fsp3) is 0.200. The fourth-order valence-corrected chi connectivity index (χ4v) is 6.20. The minimum atomic E-state index is 0.0552. The van der Waals surface area contributed by atoms with Crippen molar-refractivity contribution in [3.05, 3.63) is 76.7 Å². The third-order valence-corrected chi connectivity index (χ3v) is 7.95. The second-order valence-electron chi connectivity index (χ2n) is 7.57. The molecule has 5 rings (SSSR count). The van der Waals surface area contributed by atoms with Gasteiger partial charge in [-0.1, -0.05) is 73.6 Å². The first kappa shape index (κ1) is 20.2. The first-order chi connectivity index (χ1) is 15.2. The van der Waals surface area contributed by atoms with Crippen LogP contribution in [-0.2, 0) is 4.79 Å². The first-order valence-corrected chi connectivity index (χ1v) is 12.1. The van der Waals surface area contributed by atoms with Crippen molar-refractivity contribution in [3.63, 3.8) is 0 Å². The number of amidine groups is 1. The summed E-state index contributed by atoms with van der Waals surface area (Å²) < 4.78 is 0. The maximum Gasteiger partial charge on any atom is 0.269 e. The topological polar surface area (TPSA) is 35.9 Å². The molecule has 0 aromatic heterocycles. The molecule has 1 amide bonds. The average molecular weight is 446 g/mol. The van der Waals surface area contributed by atoms with Crippen LogP contribution >= 0.6 is 23.5 Å². The van der Waals surface area contributed by atoms with Gasteiger partial charge in [0.1, 0.15) is 4.91 Å². The summed E-state index contributed by atoms with van der Waals surface area (Å²) in [4.78, 5) is 24.4. The highest BCUT2D eigenvalue weighted by Crippen LogP contribution is 2.50. The van der Waals surface area contributed by atoms with Crippen molar-refractivity contribution in [1.82, 2.24) is 4.90 Å². The minimum Gasteiger partial charge on any atom is -0.337 e. The molecule has 6 heteroatoms. The monoisotopic (exact) mass is 445 g/mol. The normalized spacial score (nSPS) is 19.7. The zero-order chi connectivity index (χ0) is 21.4. The van der Waals surface area contributed by atoms with Gasteiger partial charge in [-0.25, -0.2) is 4.99 Å². The molecule has 0 unspecified atom stereocenters. The molecule has 2 heterocycles. The van der Waals surface area contributed by atoms with Gasteiger partial charge in [0.15, 0.2) is 5.17 Å². The number of benzene rings is 3. The second kappa shape index (κ2) is 8.44. The highest BCUT2D eigenvalue weighted by Gasteiger charge is 2.38. The number of hydrogen-bond acceptors (Lipinski definition) is 5. The highest BCUT2D eigenvalue weighted by molar-refractivity contribution is 8.19. The minimum absolute atomic E-state index is 0.0552. The summed E-state index contributed by atoms with van der Waals surface area (Å²) in [5.41, 5.74) is 2.04. The largest absolute Gasteiger partial charge is 0.337 e. The van der Waals surface area contributed by atoms with Crippen molar-refractivity contribution in [2.75, 3.05) is 18.5 Å². The Morgan fingerprint density at radius 2 is 1.71 bits per heavy atom. The number of nitrogens with zero attached hydrogens (tertiary/aromatic N) is 3. The van der Waals surface area contributed by atoms with Crippen molar-refractivity contribution >= 4 is 56.7 Å². The Kier molecular flexibility index (Phi) is 5.50. The summed E-state index contributed by atoms with van der Waals surface area (Å²) >= 11 is 3.16. The van der Waals surface area contributed by atoms with Gasteiger partial charge < -0.3 is 4.90 Å². The second-order valence-corrected chi connectivity index (χ2v) is 9.58. The number of aliphatic imine (C=N–C) groups is 1. The van der Waals surface area contributed by atoms with Gasteiger partial charge in [-0.3, -0.25) is 9.69 Å². The van der Waals surface area contributed by atoms with Crippen LogP contribution in [0.3, 0.4) is 0 Å². The van der Waals surface area contributed by atoms with E-state index in [0.717, 1.165) is 50.1 Å². The highest BCUT2D eigenvalue weighted by atomic mass is 32.2. The number of rotatable bonds is 4. The Hall–Kier alpha value is -2.70. The summed E-state index contributed by atoms with van der Waals surface area (Å²) in [5, 5.41) is 4.00. The van der Waals surface area contributed by atoms with Gasteiger partial charge in [0, 0.05) is 23.9 Å². The molecule has 0 bridgehead atoms. The van der Waals surface area contributed by atoms with Crippen molar-refractivity contribution in [1.29, 1.82) is 0 Å². The molecule has 156 valence electrons. The summed E-state index contributed by atoms with van der Waals surface area (Å²) in [7, 11) is 2.03. The van der Waals surface area contributed by atoms with E-state index in [0.29, 0.717) is 6.54 Å². The number of unbranched alkanes of at least 4 members (excludes halogenated alkanes) is 1. The molecule has 0 atom stereocenters. The smallest absolute Gasteiger partial charge is 0.269 e. The van der Waals surface area contributed by atoms with Crippen molar-refractivity contribution < 1.29 is 4.79 Å². The number of carbonyl (C=O) groups is 1. The van der Waals surface area contributed by atoms with E-state index >= 15 is 0 Å². The lowest BCUT2D eigenvalue weighted by Crippen LogP contribution is -2.30. The molecule has 0 spiro atoms. The maximum absolute atomic E-state index is 13.5. The number of thioether (sulfide) groups is 2. The lowest BCUT2D eigenvalue weighted by atomic mass is 10.1. The SMILES string of the molecule is CCCCN1C(=O)/C(=C2/Sc3ccccc3N2C)SC1=Nc1cccc2ccccc12. The number of carbonyl (C=O) groups excluding carboxylic acids is 1. The number of amides is 1. The molecule has 31 heavy (non-hydrogen) atoms. The van der Waals surface area contributed by atoms with Gasteiger partial charge in [0.2, 0.25) is 0 Å². The van der Waals surface area contributed by atoms with Crippen LogP contribution in [0.25, 0.3) is 10.8 Å². The van der Waals surface area contributed by atoms with E-state index < -0.39 is 0 Å². The van der Waals surface area contributed by atoms with Crippen LogP contribution < -0.4 is 4.90 Å². The molecule has 3 aromatic rings. The lowest BCUT2D eigenvalue weighted by molar-refractivity contribution is -0.122. The van der Waals surface area contributed by atoms with E-state index in [1.165, 1.54) is 16.7 Å².